The third-order valence-corrected chi connectivity index (χ3v) is 7.78. The largest absolute Gasteiger partial charge is 0.481 e. The van der Waals surface area contributed by atoms with Gasteiger partial charge < -0.3 is 9.84 Å². The van der Waals surface area contributed by atoms with Crippen LogP contribution < -0.4 is 4.74 Å². The Morgan fingerprint density at radius 3 is 2.52 bits per heavy atom. The van der Waals surface area contributed by atoms with Crippen molar-refractivity contribution in [1.82, 2.24) is 9.29 Å². The summed E-state index contributed by atoms with van der Waals surface area (Å²) in [5.41, 5.74) is 0.766. The van der Waals surface area contributed by atoms with Crippen LogP contribution in [0.5, 0.6) is 5.88 Å². The van der Waals surface area contributed by atoms with Gasteiger partial charge in [0.15, 0.2) is 0 Å². The minimum Gasteiger partial charge on any atom is -0.481 e. The molecule has 1 aromatic heterocycles. The van der Waals surface area contributed by atoms with Crippen molar-refractivity contribution in [1.29, 1.82) is 0 Å². The van der Waals surface area contributed by atoms with E-state index in [1.54, 1.807) is 28.7 Å². The summed E-state index contributed by atoms with van der Waals surface area (Å²) in [6.07, 6.45) is 3.11. The van der Waals surface area contributed by atoms with E-state index in [4.69, 9.17) is 16.3 Å². The molecule has 8 heteroatoms. The van der Waals surface area contributed by atoms with Gasteiger partial charge >= 0.3 is 0 Å². The minimum atomic E-state index is -3.74. The first-order valence-electron chi connectivity index (χ1n) is 8.89. The Bertz CT molecular complexity index is 918. The fraction of sp³-hybridized carbons (Fsp3) is 0.421. The molecule has 2 aromatic rings. The van der Waals surface area contributed by atoms with Gasteiger partial charge in [-0.2, -0.15) is 4.31 Å². The summed E-state index contributed by atoms with van der Waals surface area (Å²) in [4.78, 5) is 4.45. The summed E-state index contributed by atoms with van der Waals surface area (Å²) >= 11 is 5.92. The van der Waals surface area contributed by atoms with Crippen molar-refractivity contribution in [3.8, 4) is 5.88 Å². The van der Waals surface area contributed by atoms with Crippen molar-refractivity contribution in [3.63, 3.8) is 0 Å². The molecule has 0 unspecified atom stereocenters. The molecule has 3 heterocycles. The maximum atomic E-state index is 13.5. The van der Waals surface area contributed by atoms with Crippen molar-refractivity contribution in [2.24, 2.45) is 5.92 Å². The van der Waals surface area contributed by atoms with Gasteiger partial charge in [0.1, 0.15) is 0 Å². The number of methoxy groups -OCH3 is 1. The van der Waals surface area contributed by atoms with Crippen LogP contribution in [0.4, 0.5) is 0 Å². The molecule has 3 fully saturated rings. The van der Waals surface area contributed by atoms with Crippen LogP contribution in [0.15, 0.2) is 47.5 Å². The van der Waals surface area contributed by atoms with Crippen LogP contribution in [0, 0.1) is 5.92 Å². The zero-order chi connectivity index (χ0) is 19.2. The normalized spacial score (nSPS) is 28.3. The number of hydrogen-bond acceptors (Lipinski definition) is 5. The number of pyridine rings is 1. The van der Waals surface area contributed by atoms with Crippen LogP contribution in [-0.4, -0.2) is 42.1 Å². The molecule has 1 aromatic carbocycles. The van der Waals surface area contributed by atoms with Crippen LogP contribution in [0.3, 0.4) is 0 Å². The first-order valence-corrected chi connectivity index (χ1v) is 10.7. The number of piperidine rings is 2. The van der Waals surface area contributed by atoms with Gasteiger partial charge in [-0.05, 0) is 49.1 Å². The number of hydrogen-bond donors (Lipinski definition) is 1. The fourth-order valence-corrected chi connectivity index (χ4v) is 6.33. The highest BCUT2D eigenvalue weighted by atomic mass is 35.5. The van der Waals surface area contributed by atoms with E-state index in [0.29, 0.717) is 17.3 Å². The first kappa shape index (κ1) is 18.7. The van der Waals surface area contributed by atoms with Gasteiger partial charge in [-0.1, -0.05) is 17.7 Å². The Morgan fingerprint density at radius 1 is 1.19 bits per heavy atom. The SMILES string of the molecule is COc1ccc([C@@H]2[C@@H]3CC[C@@H](C[C@@H]3O)N2S(=O)(=O)c2ccc(Cl)cc2)cn1. The summed E-state index contributed by atoms with van der Waals surface area (Å²) in [5.74, 6) is 0.305. The third kappa shape index (κ3) is 3.23. The van der Waals surface area contributed by atoms with E-state index >= 15 is 0 Å². The molecule has 0 spiro atoms. The van der Waals surface area contributed by atoms with Gasteiger partial charge in [0.05, 0.1) is 24.2 Å². The molecule has 2 aliphatic heterocycles. The lowest BCUT2D eigenvalue weighted by Gasteiger charge is -2.52. The lowest BCUT2D eigenvalue weighted by Crippen LogP contribution is -2.57. The molecule has 6 nitrogen and oxygen atoms in total. The van der Waals surface area contributed by atoms with Crippen LogP contribution in [-0.2, 0) is 10.0 Å². The molecule has 27 heavy (non-hydrogen) atoms. The number of halogens is 1. The maximum Gasteiger partial charge on any atom is 0.243 e. The summed E-state index contributed by atoms with van der Waals surface area (Å²) in [5, 5.41) is 11.0. The quantitative estimate of drug-likeness (QED) is 0.841. The molecular weight excluding hydrogens is 388 g/mol. The average Bonchev–Trinajstić information content (AvgIpc) is 2.68. The lowest BCUT2D eigenvalue weighted by molar-refractivity contribution is -0.0538. The number of nitrogens with zero attached hydrogens (tertiary/aromatic N) is 2. The molecular formula is C19H21ClN2O4S. The third-order valence-electron chi connectivity index (χ3n) is 5.58. The molecule has 2 bridgehead atoms. The zero-order valence-electron chi connectivity index (χ0n) is 14.8. The first-order chi connectivity index (χ1) is 12.9. The highest BCUT2D eigenvalue weighted by Gasteiger charge is 2.52. The second-order valence-corrected chi connectivity index (χ2v) is 9.35. The number of aliphatic hydroxyl groups excluding tert-OH is 1. The molecule has 2 saturated heterocycles. The molecule has 4 atom stereocenters. The van der Waals surface area contributed by atoms with Crippen LogP contribution in [0.25, 0.3) is 0 Å². The second-order valence-electron chi connectivity index (χ2n) is 7.07. The number of aliphatic hydroxyl groups is 1. The van der Waals surface area contributed by atoms with E-state index in [1.165, 1.54) is 19.2 Å². The number of rotatable bonds is 4. The van der Waals surface area contributed by atoms with Crippen molar-refractivity contribution in [2.75, 3.05) is 7.11 Å². The van der Waals surface area contributed by atoms with Gasteiger partial charge in [0.25, 0.3) is 0 Å². The molecule has 3 aliphatic rings. The van der Waals surface area contributed by atoms with Crippen LogP contribution in [0.1, 0.15) is 30.9 Å². The van der Waals surface area contributed by atoms with E-state index in [1.807, 2.05) is 6.07 Å². The predicted octanol–water partition coefficient (Wildman–Crippen LogP) is 3.02. The van der Waals surface area contributed by atoms with Gasteiger partial charge in [0.2, 0.25) is 15.9 Å². The summed E-state index contributed by atoms with van der Waals surface area (Å²) in [7, 11) is -2.21. The van der Waals surface area contributed by atoms with Crippen molar-refractivity contribution < 1.29 is 18.3 Å². The van der Waals surface area contributed by atoms with E-state index in [0.717, 1.165) is 18.4 Å². The molecule has 144 valence electrons. The number of fused-ring (bicyclic) bond motifs is 3. The highest BCUT2D eigenvalue weighted by Crippen LogP contribution is 2.50. The van der Waals surface area contributed by atoms with Gasteiger partial charge in [-0.25, -0.2) is 13.4 Å². The van der Waals surface area contributed by atoms with Gasteiger partial charge in [-0.3, -0.25) is 0 Å². The van der Waals surface area contributed by atoms with Gasteiger partial charge in [0, 0.05) is 29.2 Å². The standard InChI is InChI=1S/C19H21ClN2O4S/c1-26-18-9-2-12(11-21-18)19-16-8-5-14(10-17(16)23)22(19)27(24,25)15-6-3-13(20)4-7-15/h2-4,6-7,9,11,14,16-17,19,23H,5,8,10H2,1H3/t14-,16+,17-,19+/m0/s1. The Kier molecular flexibility index (Phi) is 4.88. The monoisotopic (exact) mass is 408 g/mol. The molecule has 1 aliphatic carbocycles. The molecule has 0 amide bonds. The maximum absolute atomic E-state index is 13.5. The number of aromatic nitrogens is 1. The van der Waals surface area contributed by atoms with Crippen molar-refractivity contribution >= 4 is 21.6 Å². The Labute approximate surface area is 163 Å². The zero-order valence-corrected chi connectivity index (χ0v) is 16.4. The van der Waals surface area contributed by atoms with E-state index in [9.17, 15) is 13.5 Å². The Morgan fingerprint density at radius 2 is 1.93 bits per heavy atom. The second kappa shape index (κ2) is 7.05. The Hall–Kier alpha value is -1.67. The van der Waals surface area contributed by atoms with E-state index < -0.39 is 22.2 Å². The van der Waals surface area contributed by atoms with Crippen LogP contribution >= 0.6 is 11.6 Å². The van der Waals surface area contributed by atoms with E-state index in [-0.39, 0.29) is 16.9 Å². The molecule has 5 rings (SSSR count). The average molecular weight is 409 g/mol. The molecule has 1 N–H and O–H groups in total. The lowest BCUT2D eigenvalue weighted by atomic mass is 9.72. The number of sulfonamides is 1. The van der Waals surface area contributed by atoms with Crippen molar-refractivity contribution in [3.05, 3.63) is 53.2 Å². The van der Waals surface area contributed by atoms with Crippen LogP contribution in [0.2, 0.25) is 5.02 Å². The number of ether oxygens (including phenoxy) is 1. The molecule has 1 saturated carbocycles. The topological polar surface area (TPSA) is 79.7 Å². The summed E-state index contributed by atoms with van der Waals surface area (Å²) in [6, 6.07) is 9.07. The minimum absolute atomic E-state index is 0.160. The Balaban J connectivity index is 1.79. The fourth-order valence-electron chi connectivity index (χ4n) is 4.32. The highest BCUT2D eigenvalue weighted by molar-refractivity contribution is 7.89. The van der Waals surface area contributed by atoms with Crippen molar-refractivity contribution in [2.45, 2.75) is 42.3 Å². The summed E-state index contributed by atoms with van der Waals surface area (Å²) in [6.45, 7) is 0. The molecule has 0 radical (unpaired) electrons. The predicted molar refractivity (Wildman–Crippen MR) is 101 cm³/mol. The van der Waals surface area contributed by atoms with Gasteiger partial charge in [-0.15, -0.1) is 0 Å². The smallest absolute Gasteiger partial charge is 0.243 e. The summed E-state index contributed by atoms with van der Waals surface area (Å²) < 4.78 is 33.6. The number of benzene rings is 1. The van der Waals surface area contributed by atoms with E-state index in [2.05, 4.69) is 4.98 Å².